The van der Waals surface area contributed by atoms with E-state index in [0.29, 0.717) is 30.5 Å². The average molecular weight is 362 g/mol. The minimum Gasteiger partial charge on any atom is -0.482 e. The lowest BCUT2D eigenvalue weighted by molar-refractivity contribution is -0.123. The van der Waals surface area contributed by atoms with E-state index < -0.39 is 0 Å². The first-order chi connectivity index (χ1) is 12.2. The molecule has 1 aliphatic heterocycles. The fraction of sp³-hybridized carbons (Fsp3) is 0.333. The number of rotatable bonds is 6. The number of halogens is 1. The molecule has 0 spiro atoms. The number of nitrogens with one attached hydrogen (secondary N) is 1. The fourth-order valence-electron chi connectivity index (χ4n) is 2.58. The summed E-state index contributed by atoms with van der Waals surface area (Å²) >= 11 is 6.01. The van der Waals surface area contributed by atoms with Gasteiger partial charge in [0.1, 0.15) is 11.6 Å². The summed E-state index contributed by atoms with van der Waals surface area (Å²) in [6.07, 6.45) is 1.76. The van der Waals surface area contributed by atoms with Crippen molar-refractivity contribution in [1.82, 2.24) is 10.3 Å². The summed E-state index contributed by atoms with van der Waals surface area (Å²) in [4.78, 5) is 18.7. The summed E-state index contributed by atoms with van der Waals surface area (Å²) < 4.78 is 10.8. The summed E-state index contributed by atoms with van der Waals surface area (Å²) in [5, 5.41) is 3.35. The number of morpholine rings is 1. The van der Waals surface area contributed by atoms with Crippen LogP contribution in [0, 0.1) is 0 Å². The predicted molar refractivity (Wildman–Crippen MR) is 96.1 cm³/mol. The Morgan fingerprint density at radius 1 is 1.24 bits per heavy atom. The predicted octanol–water partition coefficient (Wildman–Crippen LogP) is 2.27. The molecule has 7 heteroatoms. The van der Waals surface area contributed by atoms with Crippen molar-refractivity contribution in [3.8, 4) is 5.75 Å². The lowest BCUT2D eigenvalue weighted by Gasteiger charge is -2.29. The molecule has 132 valence electrons. The van der Waals surface area contributed by atoms with Crippen LogP contribution in [0.5, 0.6) is 5.75 Å². The topological polar surface area (TPSA) is 63.7 Å². The monoisotopic (exact) mass is 361 g/mol. The zero-order valence-electron chi connectivity index (χ0n) is 13.8. The smallest absolute Gasteiger partial charge is 0.258 e. The van der Waals surface area contributed by atoms with Crippen LogP contribution in [0.3, 0.4) is 0 Å². The van der Waals surface area contributed by atoms with E-state index in [4.69, 9.17) is 21.1 Å². The number of carbonyl (C=O) groups is 1. The van der Waals surface area contributed by atoms with Gasteiger partial charge < -0.3 is 19.7 Å². The van der Waals surface area contributed by atoms with Gasteiger partial charge in [0.05, 0.1) is 18.2 Å². The van der Waals surface area contributed by atoms with E-state index in [9.17, 15) is 4.79 Å². The van der Waals surface area contributed by atoms with Crippen LogP contribution in [-0.4, -0.2) is 43.8 Å². The summed E-state index contributed by atoms with van der Waals surface area (Å²) in [6, 6.07) is 10.9. The SMILES string of the molecule is O=C(COc1ccccc1Cl)NCc1cccnc1N1CCOCC1. The van der Waals surface area contributed by atoms with Crippen LogP contribution >= 0.6 is 11.6 Å². The largest absolute Gasteiger partial charge is 0.482 e. The van der Waals surface area contributed by atoms with Crippen LogP contribution in [0.25, 0.3) is 0 Å². The first kappa shape index (κ1) is 17.5. The van der Waals surface area contributed by atoms with E-state index in [-0.39, 0.29) is 12.5 Å². The van der Waals surface area contributed by atoms with Gasteiger partial charge in [0.15, 0.2) is 6.61 Å². The Kier molecular flexibility index (Phi) is 6.09. The summed E-state index contributed by atoms with van der Waals surface area (Å²) in [6.45, 7) is 3.28. The molecule has 6 nitrogen and oxygen atoms in total. The first-order valence-corrected chi connectivity index (χ1v) is 8.52. The maximum absolute atomic E-state index is 12.1. The Bertz CT molecular complexity index is 720. The standard InChI is InChI=1S/C18H20ClN3O3/c19-15-5-1-2-6-16(15)25-13-17(23)21-12-14-4-3-7-20-18(14)22-8-10-24-11-9-22/h1-7H,8-13H2,(H,21,23). The number of aromatic nitrogens is 1. The van der Waals surface area contributed by atoms with Gasteiger partial charge in [0.25, 0.3) is 5.91 Å². The molecule has 0 aliphatic carbocycles. The van der Waals surface area contributed by atoms with E-state index in [2.05, 4.69) is 15.2 Å². The number of nitrogens with zero attached hydrogens (tertiary/aromatic N) is 2. The molecule has 1 aliphatic rings. The normalized spacial score (nSPS) is 14.2. The molecule has 1 saturated heterocycles. The Balaban J connectivity index is 1.54. The third-order valence-electron chi connectivity index (χ3n) is 3.85. The summed E-state index contributed by atoms with van der Waals surface area (Å²) in [5.74, 6) is 1.17. The van der Waals surface area contributed by atoms with Gasteiger partial charge in [-0.25, -0.2) is 4.98 Å². The molecular weight excluding hydrogens is 342 g/mol. The molecule has 0 unspecified atom stereocenters. The van der Waals surface area contributed by atoms with Crippen molar-refractivity contribution in [2.24, 2.45) is 0 Å². The van der Waals surface area contributed by atoms with Crippen LogP contribution in [0.1, 0.15) is 5.56 Å². The second-order valence-electron chi connectivity index (χ2n) is 5.58. The lowest BCUT2D eigenvalue weighted by Crippen LogP contribution is -2.38. The molecule has 1 aromatic carbocycles. The maximum Gasteiger partial charge on any atom is 0.258 e. The number of hydrogen-bond donors (Lipinski definition) is 1. The number of anilines is 1. The van der Waals surface area contributed by atoms with Crippen molar-refractivity contribution >= 4 is 23.3 Å². The van der Waals surface area contributed by atoms with E-state index in [1.165, 1.54) is 0 Å². The van der Waals surface area contributed by atoms with Crippen molar-refractivity contribution < 1.29 is 14.3 Å². The summed E-state index contributed by atoms with van der Waals surface area (Å²) in [5.41, 5.74) is 0.968. The van der Waals surface area contributed by atoms with Gasteiger partial charge in [-0.05, 0) is 18.2 Å². The number of carbonyl (C=O) groups excluding carboxylic acids is 1. The van der Waals surface area contributed by atoms with Crippen molar-refractivity contribution in [2.75, 3.05) is 37.8 Å². The van der Waals surface area contributed by atoms with Gasteiger partial charge >= 0.3 is 0 Å². The number of para-hydroxylation sites is 1. The van der Waals surface area contributed by atoms with Crippen molar-refractivity contribution in [2.45, 2.75) is 6.54 Å². The summed E-state index contributed by atoms with van der Waals surface area (Å²) in [7, 11) is 0. The van der Waals surface area contributed by atoms with Gasteiger partial charge in [0.2, 0.25) is 0 Å². The van der Waals surface area contributed by atoms with Gasteiger partial charge in [-0.3, -0.25) is 4.79 Å². The Hall–Kier alpha value is -2.31. The third kappa shape index (κ3) is 4.84. The number of hydrogen-bond acceptors (Lipinski definition) is 5. The van der Waals surface area contributed by atoms with E-state index in [1.807, 2.05) is 24.3 Å². The zero-order chi connectivity index (χ0) is 17.5. The Labute approximate surface area is 151 Å². The second kappa shape index (κ2) is 8.69. The molecule has 1 N–H and O–H groups in total. The molecule has 0 radical (unpaired) electrons. The minimum absolute atomic E-state index is 0.0864. The maximum atomic E-state index is 12.1. The molecule has 0 atom stereocenters. The van der Waals surface area contributed by atoms with Gasteiger partial charge in [-0.2, -0.15) is 0 Å². The average Bonchev–Trinajstić information content (AvgIpc) is 2.66. The fourth-order valence-corrected chi connectivity index (χ4v) is 2.77. The van der Waals surface area contributed by atoms with E-state index in [1.54, 1.807) is 18.3 Å². The van der Waals surface area contributed by atoms with Crippen LogP contribution in [0.4, 0.5) is 5.82 Å². The van der Waals surface area contributed by atoms with Gasteiger partial charge in [-0.1, -0.05) is 29.8 Å². The van der Waals surface area contributed by atoms with Crippen molar-refractivity contribution in [3.05, 3.63) is 53.2 Å². The molecule has 2 aromatic rings. The van der Waals surface area contributed by atoms with E-state index in [0.717, 1.165) is 24.5 Å². The highest BCUT2D eigenvalue weighted by molar-refractivity contribution is 6.32. The van der Waals surface area contributed by atoms with Gasteiger partial charge in [-0.15, -0.1) is 0 Å². The third-order valence-corrected chi connectivity index (χ3v) is 4.16. The van der Waals surface area contributed by atoms with Crippen LogP contribution in [-0.2, 0) is 16.1 Å². The number of benzene rings is 1. The van der Waals surface area contributed by atoms with Crippen molar-refractivity contribution in [1.29, 1.82) is 0 Å². The molecule has 0 bridgehead atoms. The van der Waals surface area contributed by atoms with E-state index >= 15 is 0 Å². The highest BCUT2D eigenvalue weighted by atomic mass is 35.5. The van der Waals surface area contributed by atoms with Gasteiger partial charge in [0, 0.05) is 31.4 Å². The molecule has 1 aromatic heterocycles. The number of amides is 1. The van der Waals surface area contributed by atoms with Crippen LogP contribution in [0.15, 0.2) is 42.6 Å². The molecule has 0 saturated carbocycles. The molecule has 1 amide bonds. The number of ether oxygens (including phenoxy) is 2. The second-order valence-corrected chi connectivity index (χ2v) is 5.99. The molecule has 1 fully saturated rings. The number of pyridine rings is 1. The lowest BCUT2D eigenvalue weighted by atomic mass is 10.2. The first-order valence-electron chi connectivity index (χ1n) is 8.14. The zero-order valence-corrected chi connectivity index (χ0v) is 14.5. The Morgan fingerprint density at radius 2 is 2.04 bits per heavy atom. The Morgan fingerprint density at radius 3 is 2.84 bits per heavy atom. The quantitative estimate of drug-likeness (QED) is 0.855. The molecule has 25 heavy (non-hydrogen) atoms. The minimum atomic E-state index is -0.211. The molecule has 3 rings (SSSR count). The highest BCUT2D eigenvalue weighted by Gasteiger charge is 2.16. The highest BCUT2D eigenvalue weighted by Crippen LogP contribution is 2.23. The molecule has 2 heterocycles. The molecular formula is C18H20ClN3O3. The van der Waals surface area contributed by atoms with Crippen LogP contribution in [0.2, 0.25) is 5.02 Å². The van der Waals surface area contributed by atoms with Crippen molar-refractivity contribution in [3.63, 3.8) is 0 Å². The van der Waals surface area contributed by atoms with Crippen LogP contribution < -0.4 is 15.0 Å².